The molecule has 11 nitrogen and oxygen atoms in total. The number of pyridine rings is 2. The van der Waals surface area contributed by atoms with Crippen LogP contribution in [-0.2, 0) is 21.4 Å². The van der Waals surface area contributed by atoms with Gasteiger partial charge in [0.15, 0.2) is 5.82 Å². The van der Waals surface area contributed by atoms with E-state index in [0.29, 0.717) is 45.1 Å². The number of hydrogen-bond donors (Lipinski definition) is 4. The molecule has 0 spiro atoms. The van der Waals surface area contributed by atoms with Crippen LogP contribution in [0.25, 0.3) is 55.8 Å². The molecule has 0 unspecified atom stereocenters. The number of anilines is 1. The van der Waals surface area contributed by atoms with Gasteiger partial charge in [0.05, 0.1) is 34.9 Å². The van der Waals surface area contributed by atoms with Crippen LogP contribution >= 0.6 is 0 Å². The Hall–Kier alpha value is -5.01. The smallest absolute Gasteiger partial charge is 0.221 e. The highest BCUT2D eigenvalue weighted by Gasteiger charge is 2.17. The van der Waals surface area contributed by atoms with Crippen LogP contribution in [0.4, 0.5) is 10.1 Å². The molecule has 4 N–H and O–H groups in total. The van der Waals surface area contributed by atoms with Crippen LogP contribution in [0.5, 0.6) is 0 Å². The molecule has 0 aliphatic rings. The normalized spacial score (nSPS) is 11.8. The van der Waals surface area contributed by atoms with E-state index in [1.54, 1.807) is 30.7 Å². The van der Waals surface area contributed by atoms with Crippen LogP contribution in [0.2, 0.25) is 0 Å². The molecular formula is C28H23FN8O3S. The van der Waals surface area contributed by atoms with E-state index in [-0.39, 0.29) is 12.5 Å². The molecule has 0 bridgehead atoms. The van der Waals surface area contributed by atoms with Crippen molar-refractivity contribution in [3.8, 4) is 33.9 Å². The minimum absolute atomic E-state index is 0.0593. The maximum absolute atomic E-state index is 14.5. The van der Waals surface area contributed by atoms with Gasteiger partial charge in [-0.15, -0.1) is 0 Å². The SMILES string of the molecule is CC(=O)Nc1cncc(-c2ccc3[nH]nc(-c4nc5c(-c6cc(F)cc(CNS(C)(=O)=O)c6)nccc5[nH]4)c3c2)c1. The number of nitrogens with zero attached hydrogens (tertiary/aromatic N) is 4. The lowest BCUT2D eigenvalue weighted by Crippen LogP contribution is -2.21. The Morgan fingerprint density at radius 2 is 1.83 bits per heavy atom. The molecule has 41 heavy (non-hydrogen) atoms. The number of hydrogen-bond acceptors (Lipinski definition) is 7. The van der Waals surface area contributed by atoms with E-state index in [1.165, 1.54) is 19.1 Å². The van der Waals surface area contributed by atoms with E-state index in [4.69, 9.17) is 4.98 Å². The molecular weight excluding hydrogens is 547 g/mol. The summed E-state index contributed by atoms with van der Waals surface area (Å²) in [4.78, 5) is 28.2. The molecule has 4 heterocycles. The number of H-pyrrole nitrogens is 2. The van der Waals surface area contributed by atoms with Crippen LogP contribution in [0, 0.1) is 5.82 Å². The molecule has 0 saturated heterocycles. The number of benzene rings is 2. The molecule has 0 fully saturated rings. The molecule has 206 valence electrons. The van der Waals surface area contributed by atoms with Crippen LogP contribution in [0.1, 0.15) is 12.5 Å². The van der Waals surface area contributed by atoms with Crippen LogP contribution in [0.3, 0.4) is 0 Å². The number of imidazole rings is 1. The number of halogens is 1. The summed E-state index contributed by atoms with van der Waals surface area (Å²) in [6.45, 7) is 1.38. The zero-order valence-electron chi connectivity index (χ0n) is 21.9. The largest absolute Gasteiger partial charge is 0.336 e. The van der Waals surface area contributed by atoms with Gasteiger partial charge in [0.25, 0.3) is 0 Å². The lowest BCUT2D eigenvalue weighted by Gasteiger charge is -2.07. The van der Waals surface area contributed by atoms with Gasteiger partial charge in [-0.3, -0.25) is 19.9 Å². The predicted octanol–water partition coefficient (Wildman–Crippen LogP) is 4.38. The van der Waals surface area contributed by atoms with E-state index in [1.807, 2.05) is 24.3 Å². The number of nitrogens with one attached hydrogen (secondary N) is 4. The zero-order chi connectivity index (χ0) is 28.7. The van der Waals surface area contributed by atoms with Crippen molar-refractivity contribution in [2.24, 2.45) is 0 Å². The van der Waals surface area contributed by atoms with Crippen molar-refractivity contribution in [3.05, 3.63) is 78.5 Å². The van der Waals surface area contributed by atoms with E-state index < -0.39 is 15.8 Å². The molecule has 6 aromatic rings. The summed E-state index contributed by atoms with van der Waals surface area (Å²) in [6, 6.07) is 13.7. The third-order valence-electron chi connectivity index (χ3n) is 6.35. The van der Waals surface area contributed by atoms with Gasteiger partial charge in [-0.2, -0.15) is 5.10 Å². The van der Waals surface area contributed by atoms with E-state index in [2.05, 4.69) is 35.2 Å². The lowest BCUT2D eigenvalue weighted by molar-refractivity contribution is -0.114. The highest BCUT2D eigenvalue weighted by atomic mass is 32.2. The Morgan fingerprint density at radius 3 is 2.63 bits per heavy atom. The summed E-state index contributed by atoms with van der Waals surface area (Å²) in [5.74, 6) is -0.223. The molecule has 6 rings (SSSR count). The summed E-state index contributed by atoms with van der Waals surface area (Å²) in [7, 11) is -3.45. The average Bonchev–Trinajstić information content (AvgIpc) is 3.54. The second-order valence-corrected chi connectivity index (χ2v) is 11.4. The third-order valence-corrected chi connectivity index (χ3v) is 7.02. The van der Waals surface area contributed by atoms with Crippen LogP contribution in [0.15, 0.2) is 67.1 Å². The van der Waals surface area contributed by atoms with Gasteiger partial charge in [-0.25, -0.2) is 22.5 Å². The second kappa shape index (κ2) is 10.2. The molecule has 4 aromatic heterocycles. The molecule has 0 atom stereocenters. The number of amides is 1. The van der Waals surface area contributed by atoms with Gasteiger partial charge in [0, 0.05) is 42.4 Å². The fraction of sp³-hybridized carbons (Fsp3) is 0.107. The summed E-state index contributed by atoms with van der Waals surface area (Å²) in [6.07, 6.45) is 5.93. The number of carbonyl (C=O) groups excluding carboxylic acids is 1. The first-order valence-corrected chi connectivity index (χ1v) is 14.3. The third kappa shape index (κ3) is 5.53. The molecule has 0 radical (unpaired) electrons. The highest BCUT2D eigenvalue weighted by Crippen LogP contribution is 2.33. The molecule has 1 amide bonds. The Morgan fingerprint density at radius 1 is 0.976 bits per heavy atom. The summed E-state index contributed by atoms with van der Waals surface area (Å²) >= 11 is 0. The maximum Gasteiger partial charge on any atom is 0.221 e. The van der Waals surface area contributed by atoms with Gasteiger partial charge in [0.2, 0.25) is 15.9 Å². The Labute approximate surface area is 233 Å². The van der Waals surface area contributed by atoms with Crippen molar-refractivity contribution in [2.75, 3.05) is 11.6 Å². The average molecular weight is 571 g/mol. The highest BCUT2D eigenvalue weighted by molar-refractivity contribution is 7.88. The summed E-state index contributed by atoms with van der Waals surface area (Å²) < 4.78 is 40.0. The number of aromatic amines is 2. The lowest BCUT2D eigenvalue weighted by atomic mass is 10.0. The fourth-order valence-electron chi connectivity index (χ4n) is 4.61. The van der Waals surface area contributed by atoms with Crippen molar-refractivity contribution in [1.82, 2.24) is 34.9 Å². The number of carbonyl (C=O) groups is 1. The fourth-order valence-corrected chi connectivity index (χ4v) is 5.03. The van der Waals surface area contributed by atoms with Crippen molar-refractivity contribution in [1.29, 1.82) is 0 Å². The van der Waals surface area contributed by atoms with E-state index >= 15 is 0 Å². The summed E-state index contributed by atoms with van der Waals surface area (Å²) in [5, 5.41) is 11.1. The maximum atomic E-state index is 14.5. The molecule has 0 saturated carbocycles. The van der Waals surface area contributed by atoms with Crippen LogP contribution in [-0.4, -0.2) is 50.7 Å². The Balaban J connectivity index is 1.40. The van der Waals surface area contributed by atoms with E-state index in [0.717, 1.165) is 28.3 Å². The van der Waals surface area contributed by atoms with Gasteiger partial charge in [-0.1, -0.05) is 6.07 Å². The first-order valence-electron chi connectivity index (χ1n) is 12.4. The standard InChI is InChI=1S/C28H23FN8O3S/c1-15(38)33-21-10-19(13-30-14-21)17-3-4-23-22(11-17)26(37-36-23)28-34-24-5-6-31-25(27(24)35-28)18-7-16(8-20(29)9-18)12-32-41(2,39)40/h3-11,13-14,32H,12H2,1-2H3,(H,33,38)(H,34,35)(H,36,37). The molecule has 2 aromatic carbocycles. The van der Waals surface area contributed by atoms with Crippen molar-refractivity contribution in [2.45, 2.75) is 13.5 Å². The number of sulfonamides is 1. The first kappa shape index (κ1) is 26.2. The zero-order valence-corrected chi connectivity index (χ0v) is 22.7. The van der Waals surface area contributed by atoms with E-state index in [9.17, 15) is 17.6 Å². The number of rotatable bonds is 7. The minimum atomic E-state index is -3.45. The topological polar surface area (TPSA) is 158 Å². The van der Waals surface area contributed by atoms with Crippen LogP contribution < -0.4 is 10.0 Å². The molecule has 0 aliphatic carbocycles. The summed E-state index contributed by atoms with van der Waals surface area (Å²) in [5.41, 5.74) is 6.16. The predicted molar refractivity (Wildman–Crippen MR) is 154 cm³/mol. The Bertz CT molecular complexity index is 2070. The Kier molecular flexibility index (Phi) is 6.52. The minimum Gasteiger partial charge on any atom is -0.336 e. The molecule has 0 aliphatic heterocycles. The van der Waals surface area contributed by atoms with Crippen molar-refractivity contribution in [3.63, 3.8) is 0 Å². The second-order valence-electron chi connectivity index (χ2n) is 9.56. The molecule has 13 heteroatoms. The van der Waals surface area contributed by atoms with Gasteiger partial charge in [0.1, 0.15) is 17.0 Å². The quantitative estimate of drug-likeness (QED) is 0.222. The number of aromatic nitrogens is 6. The van der Waals surface area contributed by atoms with Crippen molar-refractivity contribution < 1.29 is 17.6 Å². The number of fused-ring (bicyclic) bond motifs is 2. The van der Waals surface area contributed by atoms with Gasteiger partial charge >= 0.3 is 0 Å². The monoisotopic (exact) mass is 570 g/mol. The first-order chi connectivity index (χ1) is 19.6. The van der Waals surface area contributed by atoms with Gasteiger partial charge in [-0.05, 0) is 53.6 Å². The van der Waals surface area contributed by atoms with Gasteiger partial charge < -0.3 is 10.3 Å². The van der Waals surface area contributed by atoms with Crippen molar-refractivity contribution >= 4 is 43.6 Å².